The number of carbonyl (C=O) groups is 1. The van der Waals surface area contributed by atoms with Crippen LogP contribution in [0.25, 0.3) is 0 Å². The maximum Gasteiger partial charge on any atom is 0.255 e. The van der Waals surface area contributed by atoms with Gasteiger partial charge >= 0.3 is 0 Å². The molecule has 112 valence electrons. The Kier molecular flexibility index (Phi) is 6.31. The lowest BCUT2D eigenvalue weighted by Gasteiger charge is -2.16. The second kappa shape index (κ2) is 7.75. The number of hydrogen-bond donors (Lipinski definition) is 2. The van der Waals surface area contributed by atoms with Crippen LogP contribution >= 0.6 is 0 Å². The first-order valence-corrected chi connectivity index (χ1v) is 6.73. The van der Waals surface area contributed by atoms with E-state index >= 15 is 0 Å². The van der Waals surface area contributed by atoms with Crippen molar-refractivity contribution in [1.82, 2.24) is 5.32 Å². The molecule has 0 saturated carbocycles. The maximum absolute atomic E-state index is 12.1. The average Bonchev–Trinajstić information content (AvgIpc) is 2.43. The van der Waals surface area contributed by atoms with Crippen molar-refractivity contribution in [2.45, 2.75) is 26.3 Å². The number of nitrogens with two attached hydrogens (primary N) is 1. The highest BCUT2D eigenvalue weighted by atomic mass is 16.5. The van der Waals surface area contributed by atoms with Crippen molar-refractivity contribution < 1.29 is 14.3 Å². The summed E-state index contributed by atoms with van der Waals surface area (Å²) in [7, 11) is 3.09. The van der Waals surface area contributed by atoms with E-state index in [0.29, 0.717) is 29.5 Å². The Hall–Kier alpha value is -1.75. The number of rotatable bonds is 7. The van der Waals surface area contributed by atoms with E-state index in [-0.39, 0.29) is 11.9 Å². The Labute approximate surface area is 120 Å². The fourth-order valence-corrected chi connectivity index (χ4v) is 1.99. The minimum atomic E-state index is -0.191. The van der Waals surface area contributed by atoms with Gasteiger partial charge in [-0.15, -0.1) is 0 Å². The Morgan fingerprint density at radius 1 is 1.30 bits per heavy atom. The Morgan fingerprint density at radius 3 is 2.55 bits per heavy atom. The zero-order chi connectivity index (χ0) is 15.1. The van der Waals surface area contributed by atoms with Crippen molar-refractivity contribution in [3.63, 3.8) is 0 Å². The summed E-state index contributed by atoms with van der Waals surface area (Å²) in [4.78, 5) is 12.1. The molecule has 0 aromatic heterocycles. The molecule has 1 amide bonds. The molecule has 1 aromatic carbocycles. The van der Waals surface area contributed by atoms with Crippen LogP contribution < -0.4 is 20.5 Å². The third-order valence-corrected chi connectivity index (χ3v) is 2.95. The van der Waals surface area contributed by atoms with E-state index in [0.717, 1.165) is 6.42 Å². The van der Waals surface area contributed by atoms with Gasteiger partial charge in [-0.25, -0.2) is 0 Å². The normalized spacial score (nSPS) is 12.1. The average molecular weight is 280 g/mol. The molecule has 0 aliphatic carbocycles. The van der Waals surface area contributed by atoms with Crippen LogP contribution in [0.15, 0.2) is 18.2 Å². The molecule has 0 fully saturated rings. The van der Waals surface area contributed by atoms with E-state index in [9.17, 15) is 4.79 Å². The molecule has 0 saturated heterocycles. The number of benzene rings is 1. The van der Waals surface area contributed by atoms with Crippen molar-refractivity contribution >= 4 is 5.91 Å². The molecule has 1 atom stereocenters. The molecule has 0 bridgehead atoms. The highest BCUT2D eigenvalue weighted by Gasteiger charge is 2.14. The van der Waals surface area contributed by atoms with Crippen LogP contribution in [0, 0.1) is 5.92 Å². The number of carbonyl (C=O) groups excluding carboxylic acids is 1. The summed E-state index contributed by atoms with van der Waals surface area (Å²) in [5.41, 5.74) is 6.43. The zero-order valence-electron chi connectivity index (χ0n) is 12.6. The highest BCUT2D eigenvalue weighted by molar-refractivity contribution is 5.97. The summed E-state index contributed by atoms with van der Waals surface area (Å²) in [6.45, 7) is 4.66. The number of nitrogens with one attached hydrogen (secondary N) is 1. The van der Waals surface area contributed by atoms with Crippen LogP contribution in [0.4, 0.5) is 0 Å². The summed E-state index contributed by atoms with van der Waals surface area (Å²) in [6, 6.07) is 5.05. The predicted molar refractivity (Wildman–Crippen MR) is 79.3 cm³/mol. The number of amides is 1. The topological polar surface area (TPSA) is 73.6 Å². The first kappa shape index (κ1) is 16.3. The molecule has 0 radical (unpaired) electrons. The number of ether oxygens (including phenoxy) is 2. The fourth-order valence-electron chi connectivity index (χ4n) is 1.99. The van der Waals surface area contributed by atoms with Crippen LogP contribution in [0.2, 0.25) is 0 Å². The van der Waals surface area contributed by atoms with Crippen LogP contribution in [-0.2, 0) is 0 Å². The van der Waals surface area contributed by atoms with E-state index in [1.807, 2.05) is 0 Å². The maximum atomic E-state index is 12.1. The molecule has 20 heavy (non-hydrogen) atoms. The van der Waals surface area contributed by atoms with Gasteiger partial charge in [-0.1, -0.05) is 13.8 Å². The molecule has 1 unspecified atom stereocenters. The van der Waals surface area contributed by atoms with Gasteiger partial charge in [-0.3, -0.25) is 4.79 Å². The van der Waals surface area contributed by atoms with Crippen molar-refractivity contribution in [3.05, 3.63) is 23.8 Å². The summed E-state index contributed by atoms with van der Waals surface area (Å²) in [6.07, 6.45) is 0.875. The monoisotopic (exact) mass is 280 g/mol. The molecule has 0 heterocycles. The van der Waals surface area contributed by atoms with E-state index < -0.39 is 0 Å². The third kappa shape index (κ3) is 4.74. The van der Waals surface area contributed by atoms with E-state index in [1.165, 1.54) is 7.11 Å². The molecule has 3 N–H and O–H groups in total. The first-order chi connectivity index (χ1) is 9.47. The Bertz CT molecular complexity index is 447. The quantitative estimate of drug-likeness (QED) is 0.799. The van der Waals surface area contributed by atoms with E-state index in [1.54, 1.807) is 25.3 Å². The van der Waals surface area contributed by atoms with Crippen LogP contribution in [0.5, 0.6) is 11.5 Å². The number of hydrogen-bond acceptors (Lipinski definition) is 4. The SMILES string of the molecule is COc1ccc(C(=O)NCC(N)CC(C)C)c(OC)c1. The van der Waals surface area contributed by atoms with Crippen LogP contribution in [0.3, 0.4) is 0 Å². The van der Waals surface area contributed by atoms with Crippen LogP contribution in [0.1, 0.15) is 30.6 Å². The third-order valence-electron chi connectivity index (χ3n) is 2.95. The minimum absolute atomic E-state index is 0.0387. The molecular formula is C15H24N2O3. The standard InChI is InChI=1S/C15H24N2O3/c1-10(2)7-11(16)9-17-15(18)13-6-5-12(19-3)8-14(13)20-4/h5-6,8,10-11H,7,9,16H2,1-4H3,(H,17,18). The van der Waals surface area contributed by atoms with E-state index in [2.05, 4.69) is 19.2 Å². The van der Waals surface area contributed by atoms with Crippen molar-refractivity contribution in [2.24, 2.45) is 11.7 Å². The summed E-state index contributed by atoms with van der Waals surface area (Å²) < 4.78 is 10.3. The predicted octanol–water partition coefficient (Wildman–Crippen LogP) is 1.81. The molecule has 5 nitrogen and oxygen atoms in total. The Morgan fingerprint density at radius 2 is 2.00 bits per heavy atom. The van der Waals surface area contributed by atoms with Gasteiger partial charge in [0, 0.05) is 18.7 Å². The lowest BCUT2D eigenvalue weighted by atomic mass is 10.0. The molecule has 1 aromatic rings. The zero-order valence-corrected chi connectivity index (χ0v) is 12.6. The van der Waals surface area contributed by atoms with Crippen LogP contribution in [-0.4, -0.2) is 32.7 Å². The van der Waals surface area contributed by atoms with Gasteiger partial charge in [0.25, 0.3) is 5.91 Å². The summed E-state index contributed by atoms with van der Waals surface area (Å²) in [5.74, 6) is 1.45. The molecule has 1 rings (SSSR count). The Balaban J connectivity index is 2.67. The second-order valence-corrected chi connectivity index (χ2v) is 5.17. The van der Waals surface area contributed by atoms with E-state index in [4.69, 9.17) is 15.2 Å². The summed E-state index contributed by atoms with van der Waals surface area (Å²) in [5, 5.41) is 2.83. The van der Waals surface area contributed by atoms with Gasteiger partial charge in [-0.05, 0) is 24.5 Å². The molecule has 0 aliphatic heterocycles. The van der Waals surface area contributed by atoms with Crippen molar-refractivity contribution in [2.75, 3.05) is 20.8 Å². The highest BCUT2D eigenvalue weighted by Crippen LogP contribution is 2.24. The fraction of sp³-hybridized carbons (Fsp3) is 0.533. The van der Waals surface area contributed by atoms with Gasteiger partial charge < -0.3 is 20.5 Å². The van der Waals surface area contributed by atoms with Crippen molar-refractivity contribution in [3.8, 4) is 11.5 Å². The molecule has 5 heteroatoms. The van der Waals surface area contributed by atoms with Gasteiger partial charge in [0.05, 0.1) is 19.8 Å². The molecular weight excluding hydrogens is 256 g/mol. The lowest BCUT2D eigenvalue weighted by molar-refractivity contribution is 0.0947. The van der Waals surface area contributed by atoms with Crippen molar-refractivity contribution in [1.29, 1.82) is 0 Å². The molecule has 0 aliphatic rings. The van der Waals surface area contributed by atoms with Gasteiger partial charge in [-0.2, -0.15) is 0 Å². The number of methoxy groups -OCH3 is 2. The largest absolute Gasteiger partial charge is 0.497 e. The molecule has 0 spiro atoms. The first-order valence-electron chi connectivity index (χ1n) is 6.73. The van der Waals surface area contributed by atoms with Gasteiger partial charge in [0.15, 0.2) is 0 Å². The van der Waals surface area contributed by atoms with Gasteiger partial charge in [0.2, 0.25) is 0 Å². The smallest absolute Gasteiger partial charge is 0.255 e. The summed E-state index contributed by atoms with van der Waals surface area (Å²) >= 11 is 0. The minimum Gasteiger partial charge on any atom is -0.497 e. The lowest BCUT2D eigenvalue weighted by Crippen LogP contribution is -2.38. The van der Waals surface area contributed by atoms with Gasteiger partial charge in [0.1, 0.15) is 11.5 Å². The second-order valence-electron chi connectivity index (χ2n) is 5.17.